The van der Waals surface area contributed by atoms with E-state index in [1.54, 1.807) is 25.3 Å². The smallest absolute Gasteiger partial charge is 0.241 e. The van der Waals surface area contributed by atoms with Crippen molar-refractivity contribution in [2.24, 2.45) is 5.73 Å². The molecule has 6 nitrogen and oxygen atoms in total. The van der Waals surface area contributed by atoms with Crippen molar-refractivity contribution < 1.29 is 17.9 Å². The molecule has 20 heavy (non-hydrogen) atoms. The predicted octanol–water partition coefficient (Wildman–Crippen LogP) is 0.534. The van der Waals surface area contributed by atoms with Crippen molar-refractivity contribution in [3.63, 3.8) is 0 Å². The molecule has 0 aliphatic heterocycles. The van der Waals surface area contributed by atoms with Crippen LogP contribution < -0.4 is 11.1 Å². The summed E-state index contributed by atoms with van der Waals surface area (Å²) in [5.41, 5.74) is 7.20. The molecule has 0 aliphatic carbocycles. The summed E-state index contributed by atoms with van der Waals surface area (Å²) in [5.74, 6) is -0.506. The summed E-state index contributed by atoms with van der Waals surface area (Å²) in [5, 5.41) is 2.66. The summed E-state index contributed by atoms with van der Waals surface area (Å²) in [7, 11) is -1.53. The van der Waals surface area contributed by atoms with E-state index in [0.717, 1.165) is 11.8 Å². The van der Waals surface area contributed by atoms with Crippen LogP contribution in [0.5, 0.6) is 0 Å². The minimum absolute atomic E-state index is 0.0996. The Labute approximate surface area is 119 Å². The highest BCUT2D eigenvalue weighted by Crippen LogP contribution is 2.12. The molecular weight excluding hydrogens is 280 g/mol. The molecule has 0 radical (unpaired) electrons. The minimum Gasteiger partial charge on any atom is -0.380 e. The molecule has 112 valence electrons. The van der Waals surface area contributed by atoms with Gasteiger partial charge in [0.1, 0.15) is 9.84 Å². The van der Waals surface area contributed by atoms with Crippen molar-refractivity contribution in [1.29, 1.82) is 0 Å². The van der Waals surface area contributed by atoms with Crippen molar-refractivity contribution in [2.45, 2.75) is 19.1 Å². The van der Waals surface area contributed by atoms with E-state index in [9.17, 15) is 13.2 Å². The normalized spacial score (nSPS) is 12.9. The monoisotopic (exact) mass is 300 g/mol. The van der Waals surface area contributed by atoms with Gasteiger partial charge in [0.05, 0.1) is 18.4 Å². The highest BCUT2D eigenvalue weighted by Gasteiger charge is 2.16. The van der Waals surface area contributed by atoms with Crippen LogP contribution in [0.15, 0.2) is 24.3 Å². The fourth-order valence-electron chi connectivity index (χ4n) is 1.61. The number of ether oxygens (including phenoxy) is 1. The van der Waals surface area contributed by atoms with Gasteiger partial charge in [-0.3, -0.25) is 4.79 Å². The first kappa shape index (κ1) is 16.6. The molecule has 3 N–H and O–H groups in total. The van der Waals surface area contributed by atoms with Crippen molar-refractivity contribution in [3.8, 4) is 0 Å². The molecule has 1 amide bonds. The average molecular weight is 300 g/mol. The van der Waals surface area contributed by atoms with Crippen LogP contribution in [0, 0.1) is 0 Å². The fourth-order valence-corrected chi connectivity index (χ4v) is 2.29. The van der Waals surface area contributed by atoms with E-state index in [2.05, 4.69) is 5.32 Å². The van der Waals surface area contributed by atoms with Gasteiger partial charge in [0.25, 0.3) is 0 Å². The van der Waals surface area contributed by atoms with Crippen LogP contribution in [0.3, 0.4) is 0 Å². The third-order valence-corrected chi connectivity index (χ3v) is 3.62. The molecule has 0 heterocycles. The van der Waals surface area contributed by atoms with Crippen LogP contribution in [-0.2, 0) is 26.0 Å². The molecule has 0 aliphatic rings. The summed E-state index contributed by atoms with van der Waals surface area (Å²) in [4.78, 5) is 11.8. The zero-order valence-electron chi connectivity index (χ0n) is 11.6. The summed E-state index contributed by atoms with van der Waals surface area (Å²) in [6, 6.07) is 6.34. The summed E-state index contributed by atoms with van der Waals surface area (Å²) >= 11 is 0. The van der Waals surface area contributed by atoms with Gasteiger partial charge in [0, 0.05) is 19.1 Å². The Morgan fingerprint density at radius 3 is 2.75 bits per heavy atom. The maximum Gasteiger partial charge on any atom is 0.241 e. The molecule has 1 aromatic rings. The molecule has 7 heteroatoms. The number of anilines is 1. The molecule has 0 bridgehead atoms. The fraction of sp³-hybridized carbons (Fsp3) is 0.462. The van der Waals surface area contributed by atoms with Gasteiger partial charge in [-0.2, -0.15) is 0 Å². The number of nitrogens with two attached hydrogens (primary N) is 1. The van der Waals surface area contributed by atoms with Gasteiger partial charge in [0.15, 0.2) is 0 Å². The second-order valence-corrected chi connectivity index (χ2v) is 6.91. The van der Waals surface area contributed by atoms with Crippen molar-refractivity contribution in [2.75, 3.05) is 24.4 Å². The first-order chi connectivity index (χ1) is 9.31. The van der Waals surface area contributed by atoms with Crippen LogP contribution in [0.1, 0.15) is 12.0 Å². The number of benzene rings is 1. The van der Waals surface area contributed by atoms with Gasteiger partial charge in [-0.05, 0) is 24.1 Å². The van der Waals surface area contributed by atoms with E-state index in [4.69, 9.17) is 10.5 Å². The average Bonchev–Trinajstić information content (AvgIpc) is 2.36. The lowest BCUT2D eigenvalue weighted by molar-refractivity contribution is -0.117. The molecular formula is C13H20N2O4S. The SMILES string of the molecule is COCc1cccc(NC(=O)C(N)CCS(C)(=O)=O)c1. The predicted molar refractivity (Wildman–Crippen MR) is 78.1 cm³/mol. The van der Waals surface area contributed by atoms with Gasteiger partial charge in [0.2, 0.25) is 5.91 Å². The van der Waals surface area contributed by atoms with Gasteiger partial charge in [-0.15, -0.1) is 0 Å². The second kappa shape index (κ2) is 7.37. The number of nitrogens with one attached hydrogen (secondary N) is 1. The zero-order valence-corrected chi connectivity index (χ0v) is 12.4. The quantitative estimate of drug-likeness (QED) is 0.765. The lowest BCUT2D eigenvalue weighted by Gasteiger charge is -2.12. The zero-order chi connectivity index (χ0) is 15.2. The molecule has 1 atom stereocenters. The second-order valence-electron chi connectivity index (χ2n) is 4.65. The third kappa shape index (κ3) is 6.14. The number of hydrogen-bond acceptors (Lipinski definition) is 5. The molecule has 0 saturated heterocycles. The maximum absolute atomic E-state index is 11.8. The minimum atomic E-state index is -3.12. The van der Waals surface area contributed by atoms with E-state index in [1.807, 2.05) is 6.07 Å². The lowest BCUT2D eigenvalue weighted by atomic mass is 10.2. The van der Waals surface area contributed by atoms with Crippen LogP contribution in [0.4, 0.5) is 5.69 Å². The number of rotatable bonds is 7. The van der Waals surface area contributed by atoms with Crippen molar-refractivity contribution >= 4 is 21.4 Å². The molecule has 1 unspecified atom stereocenters. The Balaban J connectivity index is 2.59. The molecule has 0 fully saturated rings. The highest BCUT2D eigenvalue weighted by atomic mass is 32.2. The number of carbonyl (C=O) groups is 1. The van der Waals surface area contributed by atoms with Crippen LogP contribution in [0.2, 0.25) is 0 Å². The Morgan fingerprint density at radius 2 is 2.15 bits per heavy atom. The van der Waals surface area contributed by atoms with Crippen LogP contribution in [0.25, 0.3) is 0 Å². The number of methoxy groups -OCH3 is 1. The summed E-state index contributed by atoms with van der Waals surface area (Å²) in [6.45, 7) is 0.448. The van der Waals surface area contributed by atoms with Gasteiger partial charge >= 0.3 is 0 Å². The molecule has 1 rings (SSSR count). The lowest BCUT2D eigenvalue weighted by Crippen LogP contribution is -2.37. The Hall–Kier alpha value is -1.44. The van der Waals surface area contributed by atoms with E-state index < -0.39 is 21.8 Å². The van der Waals surface area contributed by atoms with Crippen LogP contribution >= 0.6 is 0 Å². The standard InChI is InChI=1S/C13H20N2O4S/c1-19-9-10-4-3-5-11(8-10)15-13(16)12(14)6-7-20(2,17)18/h3-5,8,12H,6-7,9,14H2,1-2H3,(H,15,16). The Kier molecular flexibility index (Phi) is 6.12. The molecule has 0 aromatic heterocycles. The largest absolute Gasteiger partial charge is 0.380 e. The number of hydrogen-bond donors (Lipinski definition) is 2. The summed E-state index contributed by atoms with van der Waals surface area (Å²) < 4.78 is 27.1. The molecule has 0 spiro atoms. The van der Waals surface area contributed by atoms with Crippen molar-refractivity contribution in [1.82, 2.24) is 0 Å². The maximum atomic E-state index is 11.8. The number of sulfone groups is 1. The first-order valence-corrected chi connectivity index (χ1v) is 8.20. The Morgan fingerprint density at radius 1 is 1.45 bits per heavy atom. The highest BCUT2D eigenvalue weighted by molar-refractivity contribution is 7.90. The van der Waals surface area contributed by atoms with Crippen molar-refractivity contribution in [3.05, 3.63) is 29.8 Å². The van der Waals surface area contributed by atoms with E-state index in [1.165, 1.54) is 0 Å². The molecule has 1 aromatic carbocycles. The van der Waals surface area contributed by atoms with E-state index in [-0.39, 0.29) is 12.2 Å². The number of carbonyl (C=O) groups excluding carboxylic acids is 1. The van der Waals surface area contributed by atoms with E-state index >= 15 is 0 Å². The number of amides is 1. The molecule has 0 saturated carbocycles. The van der Waals surface area contributed by atoms with Gasteiger partial charge in [-0.25, -0.2) is 8.42 Å². The van der Waals surface area contributed by atoms with Gasteiger partial charge < -0.3 is 15.8 Å². The topological polar surface area (TPSA) is 98.5 Å². The summed E-state index contributed by atoms with van der Waals surface area (Å²) in [6.07, 6.45) is 1.22. The third-order valence-electron chi connectivity index (χ3n) is 2.64. The van der Waals surface area contributed by atoms with Crippen LogP contribution in [-0.4, -0.2) is 39.5 Å². The van der Waals surface area contributed by atoms with Gasteiger partial charge in [-0.1, -0.05) is 12.1 Å². The Bertz CT molecular complexity index is 557. The first-order valence-electron chi connectivity index (χ1n) is 6.14. The van der Waals surface area contributed by atoms with E-state index in [0.29, 0.717) is 12.3 Å².